The molecule has 0 aliphatic heterocycles. The lowest BCUT2D eigenvalue weighted by molar-refractivity contribution is 0.664. The number of hydrogen-bond donors (Lipinski definition) is 1. The van der Waals surface area contributed by atoms with Gasteiger partial charge in [0.05, 0.1) is 0 Å². The lowest BCUT2D eigenvalue weighted by Gasteiger charge is -2.07. The lowest BCUT2D eigenvalue weighted by atomic mass is 9.99. The van der Waals surface area contributed by atoms with Crippen LogP contribution in [0.25, 0.3) is 10.9 Å². The third-order valence-corrected chi connectivity index (χ3v) is 3.91. The molecule has 0 saturated carbocycles. The number of aryl methyl sites for hydroxylation is 4. The molecular formula is C16H24N2. The van der Waals surface area contributed by atoms with Crippen molar-refractivity contribution in [2.45, 2.75) is 46.6 Å². The molecule has 0 bridgehead atoms. The quantitative estimate of drug-likeness (QED) is 0.881. The van der Waals surface area contributed by atoms with Crippen LogP contribution in [0.3, 0.4) is 0 Å². The van der Waals surface area contributed by atoms with Crippen molar-refractivity contribution in [2.75, 3.05) is 0 Å². The summed E-state index contributed by atoms with van der Waals surface area (Å²) in [5, 5.41) is 1.43. The monoisotopic (exact) mass is 244 g/mol. The predicted molar refractivity (Wildman–Crippen MR) is 79.1 cm³/mol. The van der Waals surface area contributed by atoms with Gasteiger partial charge in [-0.3, -0.25) is 0 Å². The molecule has 1 unspecified atom stereocenters. The van der Waals surface area contributed by atoms with Gasteiger partial charge in [0.15, 0.2) is 0 Å². The standard InChI is InChI=1S/C16H24N2/c1-10-8-11(2)16-14(7-6-12(3)17)13(4)18(5)15(16)9-10/h8-9,12H,6-7,17H2,1-5H3. The summed E-state index contributed by atoms with van der Waals surface area (Å²) in [7, 11) is 2.16. The van der Waals surface area contributed by atoms with Crippen molar-refractivity contribution in [3.8, 4) is 0 Å². The minimum absolute atomic E-state index is 0.269. The molecular weight excluding hydrogens is 220 g/mol. The Labute approximate surface area is 110 Å². The van der Waals surface area contributed by atoms with Crippen molar-refractivity contribution in [3.63, 3.8) is 0 Å². The molecule has 2 heteroatoms. The minimum atomic E-state index is 0.269. The Kier molecular flexibility index (Phi) is 3.49. The number of aromatic nitrogens is 1. The van der Waals surface area contributed by atoms with Crippen molar-refractivity contribution in [2.24, 2.45) is 12.8 Å². The summed E-state index contributed by atoms with van der Waals surface area (Å²) in [5.41, 5.74) is 12.8. The second-order valence-electron chi connectivity index (χ2n) is 5.61. The Morgan fingerprint density at radius 3 is 2.50 bits per heavy atom. The van der Waals surface area contributed by atoms with Crippen molar-refractivity contribution >= 4 is 10.9 Å². The third kappa shape index (κ3) is 2.17. The van der Waals surface area contributed by atoms with Gasteiger partial charge in [0, 0.05) is 29.7 Å². The summed E-state index contributed by atoms with van der Waals surface area (Å²) in [6.45, 7) is 8.67. The highest BCUT2D eigenvalue weighted by atomic mass is 14.9. The number of nitrogens with zero attached hydrogens (tertiary/aromatic N) is 1. The average molecular weight is 244 g/mol. The van der Waals surface area contributed by atoms with Crippen LogP contribution in [-0.4, -0.2) is 10.6 Å². The summed E-state index contributed by atoms with van der Waals surface area (Å²) in [4.78, 5) is 0. The molecule has 0 spiro atoms. The van der Waals surface area contributed by atoms with Crippen LogP contribution in [0.2, 0.25) is 0 Å². The van der Waals surface area contributed by atoms with Crippen molar-refractivity contribution in [3.05, 3.63) is 34.5 Å². The Balaban J connectivity index is 2.62. The zero-order valence-corrected chi connectivity index (χ0v) is 12.2. The summed E-state index contributed by atoms with van der Waals surface area (Å²) in [5.74, 6) is 0. The maximum absolute atomic E-state index is 5.90. The van der Waals surface area contributed by atoms with Gasteiger partial charge in [-0.15, -0.1) is 0 Å². The molecule has 1 heterocycles. The predicted octanol–water partition coefficient (Wildman–Crippen LogP) is 3.38. The molecule has 1 atom stereocenters. The van der Waals surface area contributed by atoms with E-state index in [1.165, 1.54) is 33.3 Å². The second-order valence-corrected chi connectivity index (χ2v) is 5.61. The lowest BCUT2D eigenvalue weighted by Crippen LogP contribution is -2.15. The van der Waals surface area contributed by atoms with E-state index < -0.39 is 0 Å². The van der Waals surface area contributed by atoms with E-state index >= 15 is 0 Å². The summed E-state index contributed by atoms with van der Waals surface area (Å²) in [6.07, 6.45) is 2.12. The largest absolute Gasteiger partial charge is 0.348 e. The highest BCUT2D eigenvalue weighted by molar-refractivity contribution is 5.89. The molecule has 2 aromatic rings. The number of benzene rings is 1. The van der Waals surface area contributed by atoms with E-state index in [1.54, 1.807) is 0 Å². The highest BCUT2D eigenvalue weighted by Gasteiger charge is 2.14. The van der Waals surface area contributed by atoms with E-state index in [0.29, 0.717) is 0 Å². The second kappa shape index (κ2) is 4.77. The topological polar surface area (TPSA) is 30.9 Å². The van der Waals surface area contributed by atoms with E-state index in [2.05, 4.69) is 51.4 Å². The molecule has 0 saturated heterocycles. The number of hydrogen-bond acceptors (Lipinski definition) is 1. The van der Waals surface area contributed by atoms with Crippen LogP contribution in [0.15, 0.2) is 12.1 Å². The third-order valence-electron chi connectivity index (χ3n) is 3.91. The Hall–Kier alpha value is -1.28. The van der Waals surface area contributed by atoms with Crippen LogP contribution >= 0.6 is 0 Å². The van der Waals surface area contributed by atoms with Crippen molar-refractivity contribution < 1.29 is 0 Å². The van der Waals surface area contributed by atoms with E-state index in [9.17, 15) is 0 Å². The molecule has 98 valence electrons. The SMILES string of the molecule is Cc1cc(C)c2c(CCC(C)N)c(C)n(C)c2c1. The molecule has 0 amide bonds. The molecule has 0 aliphatic rings. The normalized spacial score (nSPS) is 13.2. The van der Waals surface area contributed by atoms with Crippen LogP contribution in [-0.2, 0) is 13.5 Å². The van der Waals surface area contributed by atoms with Gasteiger partial charge in [-0.05, 0) is 63.3 Å². The molecule has 0 radical (unpaired) electrons. The van der Waals surface area contributed by atoms with E-state index in [0.717, 1.165) is 12.8 Å². The highest BCUT2D eigenvalue weighted by Crippen LogP contribution is 2.30. The molecule has 2 nitrogen and oxygen atoms in total. The molecule has 18 heavy (non-hydrogen) atoms. The molecule has 2 N–H and O–H groups in total. The first kappa shape index (κ1) is 13.2. The molecule has 2 rings (SSSR count). The number of nitrogens with two attached hydrogens (primary N) is 1. The Bertz CT molecular complexity index is 577. The maximum Gasteiger partial charge on any atom is 0.0488 e. The van der Waals surface area contributed by atoms with Gasteiger partial charge in [-0.25, -0.2) is 0 Å². The van der Waals surface area contributed by atoms with E-state index in [1.807, 2.05) is 0 Å². The Morgan fingerprint density at radius 1 is 1.22 bits per heavy atom. The summed E-state index contributed by atoms with van der Waals surface area (Å²) >= 11 is 0. The molecule has 1 aromatic heterocycles. The fourth-order valence-corrected chi connectivity index (χ4v) is 2.84. The van der Waals surface area contributed by atoms with Gasteiger partial charge in [0.2, 0.25) is 0 Å². The number of fused-ring (bicyclic) bond motifs is 1. The summed E-state index contributed by atoms with van der Waals surface area (Å²) < 4.78 is 2.31. The van der Waals surface area contributed by atoms with Crippen LogP contribution in [0.1, 0.15) is 35.7 Å². The first-order chi connectivity index (χ1) is 8.41. The Morgan fingerprint density at radius 2 is 1.89 bits per heavy atom. The first-order valence-electron chi connectivity index (χ1n) is 6.72. The van der Waals surface area contributed by atoms with Crippen molar-refractivity contribution in [1.82, 2.24) is 4.57 Å². The van der Waals surface area contributed by atoms with Crippen LogP contribution in [0.4, 0.5) is 0 Å². The fourth-order valence-electron chi connectivity index (χ4n) is 2.84. The van der Waals surface area contributed by atoms with Gasteiger partial charge in [-0.2, -0.15) is 0 Å². The minimum Gasteiger partial charge on any atom is -0.348 e. The van der Waals surface area contributed by atoms with Crippen molar-refractivity contribution in [1.29, 1.82) is 0 Å². The van der Waals surface area contributed by atoms with Crippen LogP contribution < -0.4 is 5.73 Å². The summed E-state index contributed by atoms with van der Waals surface area (Å²) in [6, 6.07) is 4.83. The van der Waals surface area contributed by atoms with Gasteiger partial charge in [-0.1, -0.05) is 6.07 Å². The van der Waals surface area contributed by atoms with E-state index in [-0.39, 0.29) is 6.04 Å². The van der Waals surface area contributed by atoms with Gasteiger partial charge in [0.1, 0.15) is 0 Å². The average Bonchev–Trinajstić information content (AvgIpc) is 2.51. The smallest absolute Gasteiger partial charge is 0.0488 e. The van der Waals surface area contributed by atoms with Gasteiger partial charge in [0.25, 0.3) is 0 Å². The number of rotatable bonds is 3. The van der Waals surface area contributed by atoms with Gasteiger partial charge < -0.3 is 10.3 Å². The zero-order valence-electron chi connectivity index (χ0n) is 12.2. The fraction of sp³-hybridized carbons (Fsp3) is 0.500. The van der Waals surface area contributed by atoms with Crippen LogP contribution in [0.5, 0.6) is 0 Å². The molecule has 1 aromatic carbocycles. The maximum atomic E-state index is 5.90. The van der Waals surface area contributed by atoms with E-state index in [4.69, 9.17) is 5.73 Å². The first-order valence-corrected chi connectivity index (χ1v) is 6.72. The zero-order chi connectivity index (χ0) is 13.4. The van der Waals surface area contributed by atoms with Gasteiger partial charge >= 0.3 is 0 Å². The van der Waals surface area contributed by atoms with Crippen LogP contribution in [0, 0.1) is 20.8 Å². The molecule has 0 aliphatic carbocycles. The molecule has 0 fully saturated rings.